The molecule has 0 aromatic rings. The van der Waals surface area contributed by atoms with Crippen LogP contribution in [0.2, 0.25) is 12.1 Å². The van der Waals surface area contributed by atoms with Gasteiger partial charge in [-0.25, -0.2) is 0 Å². The van der Waals surface area contributed by atoms with E-state index in [1.54, 1.807) is 0 Å². The number of hydrogen-bond donors (Lipinski definition) is 0. The second kappa shape index (κ2) is 7.79. The standard InChI is InChI=1S/C18H39NSi/c1-10-13-15-20(12-3,16-14-11-2)19(17(4,5)6)18(7,8)9/h12H,3,10-11,13-16H2,1-2,4-9H3. The first-order valence-electron chi connectivity index (χ1n) is 8.49. The van der Waals surface area contributed by atoms with Gasteiger partial charge in [-0.3, -0.25) is 0 Å². The highest BCUT2D eigenvalue weighted by molar-refractivity contribution is 6.82. The summed E-state index contributed by atoms with van der Waals surface area (Å²) in [6.45, 7) is 23.2. The maximum Gasteiger partial charge on any atom is 0.153 e. The average molecular weight is 298 g/mol. The summed E-state index contributed by atoms with van der Waals surface area (Å²) in [7, 11) is -1.61. The molecule has 0 saturated carbocycles. The van der Waals surface area contributed by atoms with Crippen molar-refractivity contribution in [2.24, 2.45) is 0 Å². The lowest BCUT2D eigenvalue weighted by molar-refractivity contribution is 0.125. The molecule has 0 aliphatic heterocycles. The van der Waals surface area contributed by atoms with Crippen molar-refractivity contribution >= 4 is 8.24 Å². The van der Waals surface area contributed by atoms with E-state index in [2.05, 4.69) is 72.2 Å². The van der Waals surface area contributed by atoms with Gasteiger partial charge in [-0.1, -0.05) is 45.2 Å². The van der Waals surface area contributed by atoms with Crippen molar-refractivity contribution in [3.8, 4) is 0 Å². The van der Waals surface area contributed by atoms with Crippen LogP contribution in [0.3, 0.4) is 0 Å². The van der Waals surface area contributed by atoms with Crippen molar-refractivity contribution in [1.82, 2.24) is 4.57 Å². The Balaban J connectivity index is 5.66. The van der Waals surface area contributed by atoms with Gasteiger partial charge in [-0.05, 0) is 53.6 Å². The minimum absolute atomic E-state index is 0.208. The van der Waals surface area contributed by atoms with E-state index in [-0.39, 0.29) is 11.1 Å². The average Bonchev–Trinajstić information content (AvgIpc) is 2.29. The lowest BCUT2D eigenvalue weighted by atomic mass is 10.0. The van der Waals surface area contributed by atoms with Gasteiger partial charge in [0.2, 0.25) is 0 Å². The SMILES string of the molecule is C=C[Si](CCCC)(CCCC)N(C(C)(C)C)C(C)(C)C. The second-order valence-corrected chi connectivity index (χ2v) is 12.3. The minimum atomic E-state index is -1.61. The zero-order valence-corrected chi connectivity index (χ0v) is 16.5. The summed E-state index contributed by atoms with van der Waals surface area (Å²) >= 11 is 0. The first-order valence-corrected chi connectivity index (χ1v) is 10.9. The number of nitrogens with zero attached hydrogens (tertiary/aromatic N) is 1. The topological polar surface area (TPSA) is 3.24 Å². The molecule has 0 heterocycles. The van der Waals surface area contributed by atoms with Crippen molar-refractivity contribution in [3.63, 3.8) is 0 Å². The second-order valence-electron chi connectivity index (χ2n) is 8.19. The Kier molecular flexibility index (Phi) is 7.76. The van der Waals surface area contributed by atoms with E-state index >= 15 is 0 Å². The first kappa shape index (κ1) is 19.9. The van der Waals surface area contributed by atoms with Crippen LogP contribution >= 0.6 is 0 Å². The van der Waals surface area contributed by atoms with E-state index in [9.17, 15) is 0 Å². The highest BCUT2D eigenvalue weighted by Crippen LogP contribution is 2.38. The van der Waals surface area contributed by atoms with Crippen molar-refractivity contribution in [2.75, 3.05) is 0 Å². The van der Waals surface area contributed by atoms with E-state index in [0.29, 0.717) is 0 Å². The van der Waals surface area contributed by atoms with Crippen molar-refractivity contribution in [1.29, 1.82) is 0 Å². The van der Waals surface area contributed by atoms with Crippen LogP contribution in [-0.4, -0.2) is 23.9 Å². The molecule has 1 nitrogen and oxygen atoms in total. The van der Waals surface area contributed by atoms with Gasteiger partial charge < -0.3 is 4.57 Å². The Morgan fingerprint density at radius 2 is 1.20 bits per heavy atom. The fourth-order valence-corrected chi connectivity index (χ4v) is 9.84. The van der Waals surface area contributed by atoms with Crippen LogP contribution in [0, 0.1) is 0 Å². The van der Waals surface area contributed by atoms with E-state index in [4.69, 9.17) is 0 Å². The third-order valence-corrected chi connectivity index (χ3v) is 9.52. The smallest absolute Gasteiger partial charge is 0.153 e. The molecule has 20 heavy (non-hydrogen) atoms. The Labute approximate surface area is 129 Å². The zero-order chi connectivity index (χ0) is 16.0. The van der Waals surface area contributed by atoms with Gasteiger partial charge in [0.25, 0.3) is 0 Å². The molecule has 0 radical (unpaired) electrons. The van der Waals surface area contributed by atoms with Crippen LogP contribution in [0.15, 0.2) is 12.3 Å². The molecular formula is C18H39NSi. The van der Waals surface area contributed by atoms with Crippen LogP contribution < -0.4 is 0 Å². The Hall–Kier alpha value is -0.0831. The number of rotatable bonds is 8. The van der Waals surface area contributed by atoms with Crippen LogP contribution in [0.1, 0.15) is 81.1 Å². The Bertz CT molecular complexity index is 261. The van der Waals surface area contributed by atoms with Gasteiger partial charge >= 0.3 is 0 Å². The maximum absolute atomic E-state index is 4.31. The third-order valence-electron chi connectivity index (χ3n) is 4.09. The first-order chi connectivity index (χ1) is 9.05. The van der Waals surface area contributed by atoms with Crippen molar-refractivity contribution in [3.05, 3.63) is 12.3 Å². The van der Waals surface area contributed by atoms with Crippen LogP contribution in [0.5, 0.6) is 0 Å². The van der Waals surface area contributed by atoms with Gasteiger partial charge in [0.05, 0.1) is 0 Å². The summed E-state index contributed by atoms with van der Waals surface area (Å²) in [5.74, 6) is 0. The number of hydrogen-bond acceptors (Lipinski definition) is 1. The summed E-state index contributed by atoms with van der Waals surface area (Å²) in [5.41, 5.74) is 2.80. The third kappa shape index (κ3) is 5.36. The molecule has 0 N–H and O–H groups in total. The molecule has 0 bridgehead atoms. The lowest BCUT2D eigenvalue weighted by Crippen LogP contribution is -2.66. The largest absolute Gasteiger partial charge is 0.311 e. The van der Waals surface area contributed by atoms with E-state index in [1.807, 2.05) is 0 Å². The Morgan fingerprint density at radius 3 is 1.40 bits per heavy atom. The van der Waals surface area contributed by atoms with Crippen LogP contribution in [0.4, 0.5) is 0 Å². The summed E-state index contributed by atoms with van der Waals surface area (Å²) in [5, 5.41) is 0. The fourth-order valence-electron chi connectivity index (χ4n) is 3.95. The predicted molar refractivity (Wildman–Crippen MR) is 96.7 cm³/mol. The van der Waals surface area contributed by atoms with Crippen LogP contribution in [0.25, 0.3) is 0 Å². The van der Waals surface area contributed by atoms with Gasteiger partial charge in [0.1, 0.15) is 0 Å². The van der Waals surface area contributed by atoms with Crippen LogP contribution in [-0.2, 0) is 0 Å². The summed E-state index contributed by atoms with van der Waals surface area (Å²) in [6.07, 6.45) is 5.25. The maximum atomic E-state index is 4.31. The lowest BCUT2D eigenvalue weighted by Gasteiger charge is -2.55. The molecular weight excluding hydrogens is 258 g/mol. The molecule has 0 atom stereocenters. The van der Waals surface area contributed by atoms with Gasteiger partial charge in [-0.15, -0.1) is 6.58 Å². The molecule has 0 aliphatic carbocycles. The summed E-state index contributed by atoms with van der Waals surface area (Å²) in [4.78, 5) is 0. The quantitative estimate of drug-likeness (QED) is 0.485. The highest BCUT2D eigenvalue weighted by atomic mass is 28.3. The molecule has 120 valence electrons. The molecule has 0 saturated heterocycles. The number of unbranched alkanes of at least 4 members (excludes halogenated alkanes) is 2. The van der Waals surface area contributed by atoms with Gasteiger partial charge in [-0.2, -0.15) is 0 Å². The molecule has 0 spiro atoms. The molecule has 2 heteroatoms. The fraction of sp³-hybridized carbons (Fsp3) is 0.889. The highest BCUT2D eigenvalue weighted by Gasteiger charge is 2.46. The van der Waals surface area contributed by atoms with E-state index in [0.717, 1.165) is 0 Å². The Morgan fingerprint density at radius 1 is 0.850 bits per heavy atom. The molecule has 0 fully saturated rings. The van der Waals surface area contributed by atoms with Crippen molar-refractivity contribution in [2.45, 2.75) is 104 Å². The van der Waals surface area contributed by atoms with E-state index < -0.39 is 8.24 Å². The molecule has 0 aliphatic rings. The molecule has 0 aromatic heterocycles. The molecule has 0 unspecified atom stereocenters. The monoisotopic (exact) mass is 297 g/mol. The molecule has 0 aromatic carbocycles. The predicted octanol–water partition coefficient (Wildman–Crippen LogP) is 6.16. The van der Waals surface area contributed by atoms with Crippen molar-refractivity contribution < 1.29 is 0 Å². The minimum Gasteiger partial charge on any atom is -0.311 e. The van der Waals surface area contributed by atoms with Gasteiger partial charge in [0, 0.05) is 11.1 Å². The summed E-state index contributed by atoms with van der Waals surface area (Å²) < 4.78 is 2.85. The molecule has 0 amide bonds. The normalized spacial score (nSPS) is 13.8. The summed E-state index contributed by atoms with van der Waals surface area (Å²) in [6, 6.07) is 2.73. The van der Waals surface area contributed by atoms with Gasteiger partial charge in [0.15, 0.2) is 8.24 Å². The zero-order valence-electron chi connectivity index (χ0n) is 15.5. The van der Waals surface area contributed by atoms with E-state index in [1.165, 1.54) is 37.8 Å². The molecule has 0 rings (SSSR count).